The van der Waals surface area contributed by atoms with Gasteiger partial charge >= 0.3 is 5.97 Å². The average molecular weight is 1310 g/mol. The highest BCUT2D eigenvalue weighted by Crippen LogP contribution is 2.34. The largest absolute Gasteiger partial charge is 0.481 e. The smallest absolute Gasteiger partial charge is 0.310 e. The molecule has 2 aliphatic heterocycles. The molecule has 0 aliphatic carbocycles. The third-order valence-corrected chi connectivity index (χ3v) is 20.0. The quantitative estimate of drug-likeness (QED) is 0.0493. The summed E-state index contributed by atoms with van der Waals surface area (Å²) in [5.74, 6) is -3.61. The number of carbonyl (C=O) groups excluding carboxylic acids is 5. The maximum Gasteiger partial charge on any atom is 0.310 e. The first-order chi connectivity index (χ1) is 44.9. The van der Waals surface area contributed by atoms with Crippen molar-refractivity contribution in [3.63, 3.8) is 0 Å². The second-order valence-electron chi connectivity index (χ2n) is 26.9. The Balaban J connectivity index is 0.000000333. The van der Waals surface area contributed by atoms with E-state index in [0.717, 1.165) is 46.5 Å². The predicted octanol–water partition coefficient (Wildman–Crippen LogP) is 12.7. The summed E-state index contributed by atoms with van der Waals surface area (Å²) < 4.78 is 40.5. The zero-order chi connectivity index (χ0) is 70.3. The maximum atomic E-state index is 14.0. The number of benzene rings is 6. The van der Waals surface area contributed by atoms with Gasteiger partial charge in [0, 0.05) is 67.0 Å². The lowest BCUT2D eigenvalue weighted by Gasteiger charge is -2.45. The lowest BCUT2D eigenvalue weighted by Crippen LogP contribution is -2.60. The zero-order valence-corrected chi connectivity index (χ0v) is 58.7. The van der Waals surface area contributed by atoms with Crippen LogP contribution in [0.2, 0.25) is 0 Å². The molecule has 0 saturated carbocycles. The van der Waals surface area contributed by atoms with Crippen LogP contribution in [0.1, 0.15) is 171 Å². The number of carbonyl (C=O) groups is 6. The third-order valence-electron chi connectivity index (χ3n) is 20.0. The standard InChI is InChI=1S/C50H62F2N4O4.C22H26FNO3.C6H14N2/c1-11-49(53(7)8,45(57)41-21-25-43(51)26-22-41)29-37-13-17-39(18-14-37)35(5)47(59)55-31-34(4)56(32-33(55)3)48(60)36(6)40-19-15-38(16-20-40)30-50(12-2,54(9)10)46(58)42-23-27-44(52)28-24-42;1-5-22(24(3)4,20(25)18-10-12-19(23)13-11-18)14-16-6-8-17(9-7-16)15(2)21(26)27;1-5-3-8-6(2)4-7-5/h13-28,33-36H,11-12,29-32H2,1-10H3;6-13,15H,5,14H2,1-4H3,(H,26,27);5-8H,3-4H2,1-2H3. The van der Waals surface area contributed by atoms with Gasteiger partial charge in [-0.15, -0.1) is 0 Å². The van der Waals surface area contributed by atoms with Gasteiger partial charge in [0.25, 0.3) is 0 Å². The molecule has 0 spiro atoms. The minimum atomic E-state index is -0.870. The summed E-state index contributed by atoms with van der Waals surface area (Å²) in [5.41, 5.74) is 4.32. The third kappa shape index (κ3) is 18.5. The van der Waals surface area contributed by atoms with Crippen molar-refractivity contribution in [1.29, 1.82) is 0 Å². The molecule has 2 amide bonds. The van der Waals surface area contributed by atoms with E-state index in [2.05, 4.69) is 24.5 Å². The second kappa shape index (κ2) is 33.8. The molecule has 512 valence electrons. The first-order valence-corrected chi connectivity index (χ1v) is 33.4. The summed E-state index contributed by atoms with van der Waals surface area (Å²) >= 11 is 0. The molecule has 2 heterocycles. The van der Waals surface area contributed by atoms with Crippen molar-refractivity contribution in [3.8, 4) is 0 Å². The van der Waals surface area contributed by atoms with Crippen LogP contribution in [0.4, 0.5) is 13.2 Å². The Morgan fingerprint density at radius 3 is 0.884 bits per heavy atom. The number of likely N-dealkylation sites (N-methyl/N-ethyl adjacent to an activating group) is 3. The highest BCUT2D eigenvalue weighted by atomic mass is 19.1. The van der Waals surface area contributed by atoms with Gasteiger partial charge in [-0.2, -0.15) is 0 Å². The summed E-state index contributed by atoms with van der Waals surface area (Å²) in [7, 11) is 11.3. The molecule has 6 aromatic carbocycles. The number of ketones is 3. The van der Waals surface area contributed by atoms with Gasteiger partial charge in [-0.3, -0.25) is 43.5 Å². The lowest BCUT2D eigenvalue weighted by molar-refractivity contribution is -0.147. The number of Topliss-reactive ketones (excluding diaryl/α,β-unsaturated/α-hetero) is 3. The monoisotopic (exact) mass is 1310 g/mol. The molecule has 14 nitrogen and oxygen atoms in total. The van der Waals surface area contributed by atoms with Crippen LogP contribution in [-0.4, -0.2) is 174 Å². The fraction of sp³-hybridized carbons (Fsp3) is 0.462. The first-order valence-electron chi connectivity index (χ1n) is 33.4. The molecule has 0 radical (unpaired) electrons. The van der Waals surface area contributed by atoms with Crippen LogP contribution in [0.5, 0.6) is 0 Å². The molecule has 2 fully saturated rings. The Morgan fingerprint density at radius 2 is 0.674 bits per heavy atom. The first kappa shape index (κ1) is 76.3. The summed E-state index contributed by atoms with van der Waals surface area (Å²) in [6, 6.07) is 41.1. The number of hydrogen-bond acceptors (Lipinski definition) is 11. The summed E-state index contributed by atoms with van der Waals surface area (Å²) in [4.78, 5) is 89.7. The number of carboxylic acid groups (broad SMARTS) is 1. The number of rotatable bonds is 24. The topological polar surface area (TPSA) is 163 Å². The van der Waals surface area contributed by atoms with Crippen molar-refractivity contribution in [2.75, 3.05) is 68.5 Å². The lowest BCUT2D eigenvalue weighted by atomic mass is 9.80. The van der Waals surface area contributed by atoms with Crippen molar-refractivity contribution in [3.05, 3.63) is 213 Å². The summed E-state index contributed by atoms with van der Waals surface area (Å²) in [6.45, 7) is 22.8. The molecule has 17 heteroatoms. The van der Waals surface area contributed by atoms with E-state index < -0.39 is 40.3 Å². The number of hydrogen-bond donors (Lipinski definition) is 3. The minimum Gasteiger partial charge on any atom is -0.481 e. The van der Waals surface area contributed by atoms with Crippen LogP contribution in [0, 0.1) is 17.5 Å². The van der Waals surface area contributed by atoms with Crippen molar-refractivity contribution in [2.45, 2.75) is 166 Å². The number of piperazine rings is 2. The minimum absolute atomic E-state index is 0.000640. The van der Waals surface area contributed by atoms with E-state index in [0.29, 0.717) is 80.4 Å². The van der Waals surface area contributed by atoms with Gasteiger partial charge in [0.1, 0.15) is 17.5 Å². The van der Waals surface area contributed by atoms with Gasteiger partial charge in [-0.25, -0.2) is 13.2 Å². The molecule has 2 saturated heterocycles. The van der Waals surface area contributed by atoms with Crippen LogP contribution in [0.15, 0.2) is 146 Å². The molecule has 10 unspecified atom stereocenters. The summed E-state index contributed by atoms with van der Waals surface area (Å²) in [6.07, 6.45) is 3.10. The molecule has 6 aromatic rings. The molecule has 10 atom stereocenters. The molecular formula is C78H102F3N7O7. The van der Waals surface area contributed by atoms with Gasteiger partial charge in [-0.05, 0) is 235 Å². The van der Waals surface area contributed by atoms with Crippen molar-refractivity contribution < 1.29 is 47.0 Å². The van der Waals surface area contributed by atoms with Crippen LogP contribution in [0.25, 0.3) is 0 Å². The van der Waals surface area contributed by atoms with Gasteiger partial charge in [-0.1, -0.05) is 93.6 Å². The Labute approximate surface area is 562 Å². The number of nitrogens with zero attached hydrogens (tertiary/aromatic N) is 5. The van der Waals surface area contributed by atoms with Crippen LogP contribution in [-0.2, 0) is 33.6 Å². The maximum absolute atomic E-state index is 14.0. The normalized spacial score (nSPS) is 19.3. The Bertz CT molecular complexity index is 3340. The SMILES string of the molecule is CC1CNC(C)CN1.CCC(Cc1ccc(C(C)C(=O)N2CC(C)N(C(=O)C(C)c3ccc(CC(CC)(C(=O)c4ccc(F)cc4)N(C)C)cc3)CC2C)cc1)(C(=O)c1ccc(F)cc1)N(C)C.CCC(Cc1ccc(C(C)C(=O)O)cc1)(C(=O)c1ccc(F)cc1)N(C)C. The second-order valence-corrected chi connectivity index (χ2v) is 26.9. The van der Waals surface area contributed by atoms with E-state index >= 15 is 0 Å². The van der Waals surface area contributed by atoms with Crippen molar-refractivity contribution in [1.82, 2.24) is 35.1 Å². The van der Waals surface area contributed by atoms with E-state index in [4.69, 9.17) is 5.11 Å². The molecule has 8 rings (SSSR count). The van der Waals surface area contributed by atoms with Crippen molar-refractivity contribution >= 4 is 35.1 Å². The molecule has 95 heavy (non-hydrogen) atoms. The fourth-order valence-corrected chi connectivity index (χ4v) is 13.1. The zero-order valence-electron chi connectivity index (χ0n) is 58.7. The van der Waals surface area contributed by atoms with Crippen LogP contribution >= 0.6 is 0 Å². The van der Waals surface area contributed by atoms with Gasteiger partial charge in [0.15, 0.2) is 17.3 Å². The fourth-order valence-electron chi connectivity index (χ4n) is 13.1. The van der Waals surface area contributed by atoms with Crippen LogP contribution in [0.3, 0.4) is 0 Å². The van der Waals surface area contributed by atoms with E-state index in [1.54, 1.807) is 19.1 Å². The van der Waals surface area contributed by atoms with E-state index in [9.17, 15) is 41.9 Å². The predicted molar refractivity (Wildman–Crippen MR) is 373 cm³/mol. The number of amides is 2. The number of nitrogens with one attached hydrogen (secondary N) is 2. The molecular weight excluding hydrogens is 1200 g/mol. The van der Waals surface area contributed by atoms with Gasteiger partial charge in [0.2, 0.25) is 11.8 Å². The molecule has 0 aromatic heterocycles. The highest BCUT2D eigenvalue weighted by molar-refractivity contribution is 6.05. The Hall–Kier alpha value is -7.67. The Morgan fingerprint density at radius 1 is 0.432 bits per heavy atom. The van der Waals surface area contributed by atoms with E-state index in [1.807, 2.05) is 176 Å². The van der Waals surface area contributed by atoms with Gasteiger partial charge in [0.05, 0.1) is 34.4 Å². The molecule has 3 N–H and O–H groups in total. The number of carboxylic acids is 1. The van der Waals surface area contributed by atoms with Gasteiger partial charge < -0.3 is 25.5 Å². The molecule has 0 bridgehead atoms. The number of halogens is 3. The van der Waals surface area contributed by atoms with Crippen LogP contribution < -0.4 is 10.6 Å². The highest BCUT2D eigenvalue weighted by Gasteiger charge is 2.43. The Kier molecular flexibility index (Phi) is 27.2. The van der Waals surface area contributed by atoms with E-state index in [1.165, 1.54) is 72.8 Å². The molecule has 2 aliphatic rings. The number of aliphatic carboxylic acids is 1. The van der Waals surface area contributed by atoms with E-state index in [-0.39, 0.29) is 58.7 Å². The summed E-state index contributed by atoms with van der Waals surface area (Å²) in [5, 5.41) is 15.9. The average Bonchev–Trinajstić information content (AvgIpc) is 0.812. The van der Waals surface area contributed by atoms with Crippen molar-refractivity contribution in [2.24, 2.45) is 0 Å².